The number of nitrogens with zero attached hydrogens (tertiary/aromatic N) is 3. The summed E-state index contributed by atoms with van der Waals surface area (Å²) in [6.45, 7) is 0. The van der Waals surface area contributed by atoms with Crippen molar-refractivity contribution in [3.05, 3.63) is 53.8 Å². The Hall–Kier alpha value is -2.29. The van der Waals surface area contributed by atoms with E-state index >= 15 is 0 Å². The molecule has 16 heavy (non-hydrogen) atoms. The molecule has 3 heteroatoms. The van der Waals surface area contributed by atoms with Gasteiger partial charge in [-0.3, -0.25) is 0 Å². The molecule has 76 valence electrons. The van der Waals surface area contributed by atoms with Crippen LogP contribution in [0.1, 0.15) is 11.1 Å². The summed E-state index contributed by atoms with van der Waals surface area (Å²) < 4.78 is 0. The molecule has 1 aromatic heterocycles. The van der Waals surface area contributed by atoms with Gasteiger partial charge in [0.15, 0.2) is 0 Å². The first-order valence-electron chi connectivity index (χ1n) is 5.08. The highest BCUT2D eigenvalue weighted by molar-refractivity contribution is 5.90. The summed E-state index contributed by atoms with van der Waals surface area (Å²) in [5, 5.41) is 12.6. The first kappa shape index (κ1) is 8.97. The molecular weight excluding hydrogens is 198 g/mol. The lowest BCUT2D eigenvalue weighted by Gasteiger charge is -2.05. The molecule has 1 aliphatic carbocycles. The standard InChI is InChI=1S/C13H9N3/c1-2-4-6-12-10(5-3-1)7-8-11-9-14-16-15-13(11)12/h1-9H. The smallest absolute Gasteiger partial charge is 0.104 e. The molecule has 0 unspecified atom stereocenters. The minimum Gasteiger partial charge on any atom is -0.138 e. The molecule has 0 amide bonds. The lowest BCUT2D eigenvalue weighted by atomic mass is 10.0. The minimum atomic E-state index is 0.892. The fourth-order valence-electron chi connectivity index (χ4n) is 1.77. The van der Waals surface area contributed by atoms with Gasteiger partial charge in [-0.05, 0) is 10.8 Å². The van der Waals surface area contributed by atoms with E-state index < -0.39 is 0 Å². The average molecular weight is 207 g/mol. The van der Waals surface area contributed by atoms with E-state index in [1.807, 2.05) is 36.4 Å². The van der Waals surface area contributed by atoms with Crippen molar-refractivity contribution in [3.8, 4) is 0 Å². The predicted molar refractivity (Wildman–Crippen MR) is 64.5 cm³/mol. The number of hydrogen-bond donors (Lipinski definition) is 0. The fourth-order valence-corrected chi connectivity index (χ4v) is 1.77. The summed E-state index contributed by atoms with van der Waals surface area (Å²) in [5.41, 5.74) is 3.13. The zero-order valence-electron chi connectivity index (χ0n) is 8.54. The van der Waals surface area contributed by atoms with Crippen LogP contribution in [0.15, 0.2) is 42.6 Å². The van der Waals surface area contributed by atoms with Gasteiger partial charge in [-0.25, -0.2) is 0 Å². The maximum absolute atomic E-state index is 4.10. The zero-order valence-corrected chi connectivity index (χ0v) is 8.54. The van der Waals surface area contributed by atoms with E-state index in [1.54, 1.807) is 6.20 Å². The highest BCUT2D eigenvalue weighted by atomic mass is 15.3. The fraction of sp³-hybridized carbons (Fsp3) is 0. The molecule has 0 aliphatic heterocycles. The molecule has 0 fully saturated rings. The summed E-state index contributed by atoms with van der Waals surface area (Å²) in [5.74, 6) is 0. The number of benzene rings is 1. The minimum absolute atomic E-state index is 0.892. The summed E-state index contributed by atoms with van der Waals surface area (Å²) in [6, 6.07) is 4.08. The maximum atomic E-state index is 4.10. The quantitative estimate of drug-likeness (QED) is 0.666. The van der Waals surface area contributed by atoms with Crippen LogP contribution in [0, 0.1) is 0 Å². The van der Waals surface area contributed by atoms with Gasteiger partial charge in [0.2, 0.25) is 0 Å². The van der Waals surface area contributed by atoms with Gasteiger partial charge in [0, 0.05) is 10.9 Å². The predicted octanol–water partition coefficient (Wildman–Crippen LogP) is 2.62. The van der Waals surface area contributed by atoms with Crippen molar-refractivity contribution in [2.75, 3.05) is 0 Å². The van der Waals surface area contributed by atoms with E-state index in [1.165, 1.54) is 0 Å². The summed E-state index contributed by atoms with van der Waals surface area (Å²) in [7, 11) is 0. The Labute approximate surface area is 92.8 Å². The van der Waals surface area contributed by atoms with Crippen molar-refractivity contribution in [3.63, 3.8) is 0 Å². The maximum Gasteiger partial charge on any atom is 0.104 e. The van der Waals surface area contributed by atoms with E-state index in [4.69, 9.17) is 0 Å². The molecule has 0 N–H and O–H groups in total. The van der Waals surface area contributed by atoms with Gasteiger partial charge in [0.05, 0.1) is 6.20 Å². The van der Waals surface area contributed by atoms with Crippen molar-refractivity contribution < 1.29 is 0 Å². The number of aromatic nitrogens is 3. The highest BCUT2D eigenvalue weighted by Gasteiger charge is 2.05. The second kappa shape index (κ2) is 3.70. The van der Waals surface area contributed by atoms with Gasteiger partial charge in [0.25, 0.3) is 0 Å². The third kappa shape index (κ3) is 1.42. The van der Waals surface area contributed by atoms with Crippen LogP contribution >= 0.6 is 0 Å². The molecule has 1 aliphatic rings. The molecule has 3 nitrogen and oxygen atoms in total. The van der Waals surface area contributed by atoms with Crippen LogP contribution in [-0.2, 0) is 0 Å². The Morgan fingerprint density at radius 1 is 0.875 bits per heavy atom. The molecule has 1 aromatic carbocycles. The zero-order chi connectivity index (χ0) is 10.8. The lowest BCUT2D eigenvalue weighted by molar-refractivity contribution is 0.894. The van der Waals surface area contributed by atoms with Crippen molar-refractivity contribution >= 4 is 23.1 Å². The van der Waals surface area contributed by atoms with E-state index in [9.17, 15) is 0 Å². The Morgan fingerprint density at radius 3 is 2.69 bits per heavy atom. The molecule has 0 bridgehead atoms. The van der Waals surface area contributed by atoms with Crippen LogP contribution in [0.3, 0.4) is 0 Å². The number of rotatable bonds is 0. The Bertz CT molecular complexity index is 624. The van der Waals surface area contributed by atoms with Crippen molar-refractivity contribution in [1.29, 1.82) is 0 Å². The van der Waals surface area contributed by atoms with Gasteiger partial charge >= 0.3 is 0 Å². The van der Waals surface area contributed by atoms with E-state index in [0.717, 1.165) is 22.0 Å². The second-order valence-electron chi connectivity index (χ2n) is 3.54. The van der Waals surface area contributed by atoms with Crippen LogP contribution in [0.2, 0.25) is 0 Å². The van der Waals surface area contributed by atoms with E-state index in [2.05, 4.69) is 27.6 Å². The highest BCUT2D eigenvalue weighted by Crippen LogP contribution is 2.23. The van der Waals surface area contributed by atoms with Gasteiger partial charge in [-0.2, -0.15) is 0 Å². The van der Waals surface area contributed by atoms with E-state index in [0.29, 0.717) is 0 Å². The SMILES string of the molecule is C1=CC=Cc2c(ccc3cnnnc23)C=C1. The Morgan fingerprint density at radius 2 is 1.75 bits per heavy atom. The Kier molecular flexibility index (Phi) is 2.07. The van der Waals surface area contributed by atoms with Crippen LogP contribution in [0.25, 0.3) is 23.1 Å². The first-order valence-corrected chi connectivity index (χ1v) is 5.08. The van der Waals surface area contributed by atoms with Gasteiger partial charge in [-0.15, -0.1) is 10.2 Å². The molecular formula is C13H9N3. The summed E-state index contributed by atoms with van der Waals surface area (Å²) in [4.78, 5) is 0. The van der Waals surface area contributed by atoms with Gasteiger partial charge in [0.1, 0.15) is 5.52 Å². The van der Waals surface area contributed by atoms with Gasteiger partial charge in [-0.1, -0.05) is 48.6 Å². The first-order chi connectivity index (χ1) is 7.95. The van der Waals surface area contributed by atoms with Crippen LogP contribution < -0.4 is 0 Å². The average Bonchev–Trinajstić information content (AvgIpc) is 2.29. The normalized spacial score (nSPS) is 13.5. The van der Waals surface area contributed by atoms with Crippen molar-refractivity contribution in [1.82, 2.24) is 15.4 Å². The third-order valence-corrected chi connectivity index (χ3v) is 2.55. The van der Waals surface area contributed by atoms with E-state index in [-0.39, 0.29) is 0 Å². The number of fused-ring (bicyclic) bond motifs is 3. The lowest BCUT2D eigenvalue weighted by Crippen LogP contribution is -1.92. The second-order valence-corrected chi connectivity index (χ2v) is 3.54. The Balaban J connectivity index is 2.38. The summed E-state index contributed by atoms with van der Waals surface area (Å²) in [6.07, 6.45) is 13.9. The topological polar surface area (TPSA) is 38.7 Å². The number of hydrogen-bond acceptors (Lipinski definition) is 3. The molecule has 0 spiro atoms. The van der Waals surface area contributed by atoms with Crippen LogP contribution in [0.4, 0.5) is 0 Å². The molecule has 1 heterocycles. The van der Waals surface area contributed by atoms with Crippen LogP contribution in [0.5, 0.6) is 0 Å². The monoisotopic (exact) mass is 207 g/mol. The number of allylic oxidation sites excluding steroid dienone is 4. The molecule has 0 saturated heterocycles. The molecule has 0 atom stereocenters. The molecule has 0 saturated carbocycles. The third-order valence-electron chi connectivity index (χ3n) is 2.55. The molecule has 2 aromatic rings. The van der Waals surface area contributed by atoms with Crippen LogP contribution in [-0.4, -0.2) is 15.4 Å². The summed E-state index contributed by atoms with van der Waals surface area (Å²) >= 11 is 0. The molecule has 3 rings (SSSR count). The van der Waals surface area contributed by atoms with Gasteiger partial charge < -0.3 is 0 Å². The van der Waals surface area contributed by atoms with Crippen molar-refractivity contribution in [2.24, 2.45) is 0 Å². The van der Waals surface area contributed by atoms with Crippen molar-refractivity contribution in [2.45, 2.75) is 0 Å². The molecule has 0 radical (unpaired) electrons. The largest absolute Gasteiger partial charge is 0.138 e.